The van der Waals surface area contributed by atoms with Crippen LogP contribution in [0.3, 0.4) is 0 Å². The predicted molar refractivity (Wildman–Crippen MR) is 63.0 cm³/mol. The largest absolute Gasteiger partial charge is 0.488 e. The molecule has 0 spiro atoms. The highest BCUT2D eigenvalue weighted by molar-refractivity contribution is 5.85. The lowest BCUT2D eigenvalue weighted by Gasteiger charge is -2.11. The fourth-order valence-corrected chi connectivity index (χ4v) is 1.66. The van der Waals surface area contributed by atoms with Crippen LogP contribution in [-0.2, 0) is 9.53 Å². The van der Waals surface area contributed by atoms with Crippen LogP contribution < -0.4 is 4.74 Å². The third kappa shape index (κ3) is 3.60. The third-order valence-electron chi connectivity index (χ3n) is 2.47. The molecule has 1 aliphatic rings. The van der Waals surface area contributed by atoms with Crippen molar-refractivity contribution in [2.75, 3.05) is 13.2 Å². The van der Waals surface area contributed by atoms with Crippen LogP contribution in [0.5, 0.6) is 5.75 Å². The van der Waals surface area contributed by atoms with Gasteiger partial charge in [0, 0.05) is 12.5 Å². The van der Waals surface area contributed by atoms with Crippen molar-refractivity contribution in [1.29, 1.82) is 0 Å². The van der Waals surface area contributed by atoms with Gasteiger partial charge < -0.3 is 14.6 Å². The molecule has 2 rings (SSSR count). The summed E-state index contributed by atoms with van der Waals surface area (Å²) in [5, 5.41) is 8.54. The van der Waals surface area contributed by atoms with Gasteiger partial charge in [-0.15, -0.1) is 0 Å². The summed E-state index contributed by atoms with van der Waals surface area (Å²) in [6, 6.07) is 7.35. The van der Waals surface area contributed by atoms with Crippen LogP contribution in [0.1, 0.15) is 12.0 Å². The van der Waals surface area contributed by atoms with Gasteiger partial charge in [-0.05, 0) is 23.8 Å². The summed E-state index contributed by atoms with van der Waals surface area (Å²) in [4.78, 5) is 10.4. The maximum atomic E-state index is 10.4. The minimum Gasteiger partial charge on any atom is -0.488 e. The second-order valence-corrected chi connectivity index (χ2v) is 3.85. The molecular formula is C13H14O4. The highest BCUT2D eigenvalue weighted by Crippen LogP contribution is 2.19. The molecule has 0 aliphatic carbocycles. The third-order valence-corrected chi connectivity index (χ3v) is 2.47. The van der Waals surface area contributed by atoms with E-state index in [0.29, 0.717) is 6.61 Å². The maximum Gasteiger partial charge on any atom is 0.328 e. The summed E-state index contributed by atoms with van der Waals surface area (Å²) in [7, 11) is 0. The van der Waals surface area contributed by atoms with Crippen LogP contribution >= 0.6 is 0 Å². The lowest BCUT2D eigenvalue weighted by Crippen LogP contribution is -2.15. The molecule has 1 unspecified atom stereocenters. The second-order valence-electron chi connectivity index (χ2n) is 3.85. The SMILES string of the molecule is O=C(O)C=Cc1cccc(OC2CCOC2)c1. The molecule has 1 saturated heterocycles. The van der Waals surface area contributed by atoms with Crippen molar-refractivity contribution in [3.05, 3.63) is 35.9 Å². The smallest absolute Gasteiger partial charge is 0.328 e. The predicted octanol–water partition coefficient (Wildman–Crippen LogP) is 1.95. The quantitative estimate of drug-likeness (QED) is 0.809. The van der Waals surface area contributed by atoms with E-state index in [1.807, 2.05) is 24.3 Å². The molecule has 0 aromatic heterocycles. The Kier molecular flexibility index (Phi) is 3.77. The molecule has 0 saturated carbocycles. The number of hydrogen-bond acceptors (Lipinski definition) is 3. The molecule has 1 heterocycles. The van der Waals surface area contributed by atoms with Crippen LogP contribution in [0.2, 0.25) is 0 Å². The van der Waals surface area contributed by atoms with Gasteiger partial charge >= 0.3 is 5.97 Å². The average molecular weight is 234 g/mol. The van der Waals surface area contributed by atoms with Gasteiger partial charge in [-0.3, -0.25) is 0 Å². The zero-order valence-electron chi connectivity index (χ0n) is 9.33. The molecule has 17 heavy (non-hydrogen) atoms. The fourth-order valence-electron chi connectivity index (χ4n) is 1.66. The Morgan fingerprint density at radius 1 is 1.53 bits per heavy atom. The van der Waals surface area contributed by atoms with Crippen molar-refractivity contribution < 1.29 is 19.4 Å². The van der Waals surface area contributed by atoms with Crippen LogP contribution in [0.15, 0.2) is 30.3 Å². The fraction of sp³-hybridized carbons (Fsp3) is 0.308. The molecule has 90 valence electrons. The molecule has 0 bridgehead atoms. The highest BCUT2D eigenvalue weighted by Gasteiger charge is 2.16. The van der Waals surface area contributed by atoms with Crippen molar-refractivity contribution in [3.63, 3.8) is 0 Å². The van der Waals surface area contributed by atoms with Gasteiger partial charge in [-0.1, -0.05) is 12.1 Å². The molecule has 1 aromatic carbocycles. The minimum absolute atomic E-state index is 0.105. The summed E-state index contributed by atoms with van der Waals surface area (Å²) < 4.78 is 10.9. The summed E-state index contributed by atoms with van der Waals surface area (Å²) in [5.74, 6) is -0.214. The van der Waals surface area contributed by atoms with Gasteiger partial charge in [0.15, 0.2) is 0 Å². The Balaban J connectivity index is 2.02. The number of ether oxygens (including phenoxy) is 2. The molecule has 0 amide bonds. The standard InChI is InChI=1S/C13H14O4/c14-13(15)5-4-10-2-1-3-11(8-10)17-12-6-7-16-9-12/h1-5,8,12H,6-7,9H2,(H,14,15). The van der Waals surface area contributed by atoms with Crippen LogP contribution in [0.4, 0.5) is 0 Å². The van der Waals surface area contributed by atoms with E-state index in [0.717, 1.165) is 30.4 Å². The lowest BCUT2D eigenvalue weighted by molar-refractivity contribution is -0.131. The van der Waals surface area contributed by atoms with Crippen molar-refractivity contribution in [2.45, 2.75) is 12.5 Å². The zero-order valence-corrected chi connectivity index (χ0v) is 9.33. The highest BCUT2D eigenvalue weighted by atomic mass is 16.5. The molecule has 1 N–H and O–H groups in total. The average Bonchev–Trinajstić information content (AvgIpc) is 2.80. The Morgan fingerprint density at radius 2 is 2.41 bits per heavy atom. The van der Waals surface area contributed by atoms with E-state index in [-0.39, 0.29) is 6.10 Å². The molecule has 4 nitrogen and oxygen atoms in total. The van der Waals surface area contributed by atoms with Gasteiger partial charge in [-0.25, -0.2) is 4.79 Å². The number of aliphatic carboxylic acids is 1. The van der Waals surface area contributed by atoms with Crippen molar-refractivity contribution in [2.24, 2.45) is 0 Å². The van der Waals surface area contributed by atoms with Gasteiger partial charge in [-0.2, -0.15) is 0 Å². The molecule has 0 radical (unpaired) electrons. The number of carboxylic acid groups (broad SMARTS) is 1. The summed E-state index contributed by atoms with van der Waals surface area (Å²) in [6.07, 6.45) is 3.65. The van der Waals surface area contributed by atoms with Gasteiger partial charge in [0.25, 0.3) is 0 Å². The number of benzene rings is 1. The Labute approximate surface area is 99.5 Å². The van der Waals surface area contributed by atoms with Crippen LogP contribution in [0, 0.1) is 0 Å². The Bertz CT molecular complexity index is 419. The van der Waals surface area contributed by atoms with Gasteiger partial charge in [0.05, 0.1) is 13.2 Å². The van der Waals surface area contributed by atoms with E-state index >= 15 is 0 Å². The van der Waals surface area contributed by atoms with Crippen molar-refractivity contribution in [3.8, 4) is 5.75 Å². The monoisotopic (exact) mass is 234 g/mol. The van der Waals surface area contributed by atoms with E-state index in [2.05, 4.69) is 0 Å². The van der Waals surface area contributed by atoms with E-state index in [4.69, 9.17) is 14.6 Å². The number of carboxylic acids is 1. The molecule has 1 atom stereocenters. The topological polar surface area (TPSA) is 55.8 Å². The summed E-state index contributed by atoms with van der Waals surface area (Å²) in [5.41, 5.74) is 0.809. The van der Waals surface area contributed by atoms with E-state index in [9.17, 15) is 4.79 Å². The maximum absolute atomic E-state index is 10.4. The van der Waals surface area contributed by atoms with E-state index in [1.165, 1.54) is 0 Å². The second kappa shape index (κ2) is 5.50. The number of carbonyl (C=O) groups is 1. The first-order valence-electron chi connectivity index (χ1n) is 5.49. The van der Waals surface area contributed by atoms with Gasteiger partial charge in [0.1, 0.15) is 11.9 Å². The number of hydrogen-bond donors (Lipinski definition) is 1. The molecule has 1 aliphatic heterocycles. The zero-order chi connectivity index (χ0) is 12.1. The van der Waals surface area contributed by atoms with Crippen LogP contribution in [0.25, 0.3) is 6.08 Å². The normalized spacial score (nSPS) is 19.6. The van der Waals surface area contributed by atoms with Crippen molar-refractivity contribution in [1.82, 2.24) is 0 Å². The van der Waals surface area contributed by atoms with Gasteiger partial charge in [0.2, 0.25) is 0 Å². The lowest BCUT2D eigenvalue weighted by atomic mass is 10.2. The first-order chi connectivity index (χ1) is 8.24. The van der Waals surface area contributed by atoms with E-state index in [1.54, 1.807) is 6.08 Å². The molecule has 1 aromatic rings. The molecule has 4 heteroatoms. The van der Waals surface area contributed by atoms with E-state index < -0.39 is 5.97 Å². The first-order valence-corrected chi connectivity index (χ1v) is 5.49. The molecule has 1 fully saturated rings. The summed E-state index contributed by atoms with van der Waals surface area (Å²) >= 11 is 0. The first kappa shape index (κ1) is 11.7. The Hall–Kier alpha value is -1.81. The minimum atomic E-state index is -0.958. The molecular weight excluding hydrogens is 220 g/mol. The summed E-state index contributed by atoms with van der Waals surface area (Å²) in [6.45, 7) is 1.36. The number of rotatable bonds is 4. The van der Waals surface area contributed by atoms with Crippen molar-refractivity contribution >= 4 is 12.0 Å². The van der Waals surface area contributed by atoms with Crippen LogP contribution in [-0.4, -0.2) is 30.4 Å². The Morgan fingerprint density at radius 3 is 3.12 bits per heavy atom.